The fourth-order valence-electron chi connectivity index (χ4n) is 3.72. The van der Waals surface area contributed by atoms with Crippen LogP contribution in [0.1, 0.15) is 24.0 Å². The van der Waals surface area contributed by atoms with Gasteiger partial charge >= 0.3 is 6.03 Å². The van der Waals surface area contributed by atoms with Crippen molar-refractivity contribution in [3.8, 4) is 0 Å². The summed E-state index contributed by atoms with van der Waals surface area (Å²) in [7, 11) is 0. The van der Waals surface area contributed by atoms with Crippen LogP contribution < -0.4 is 15.5 Å². The zero-order valence-corrected chi connectivity index (χ0v) is 13.8. The number of primary amides is 1. The molecule has 2 aliphatic rings. The van der Waals surface area contributed by atoms with Crippen LogP contribution in [0.5, 0.6) is 0 Å². The maximum absolute atomic E-state index is 11.9. The number of fused-ring (bicyclic) bond motifs is 5. The lowest BCUT2D eigenvalue weighted by Crippen LogP contribution is -2.48. The summed E-state index contributed by atoms with van der Waals surface area (Å²) in [5, 5.41) is 6.72. The first-order chi connectivity index (χ1) is 11.6. The van der Waals surface area contributed by atoms with Crippen molar-refractivity contribution in [2.45, 2.75) is 25.4 Å². The van der Waals surface area contributed by atoms with Crippen molar-refractivity contribution in [3.05, 3.63) is 35.2 Å². The third-order valence-corrected chi connectivity index (χ3v) is 5.68. The van der Waals surface area contributed by atoms with Gasteiger partial charge in [0.25, 0.3) is 0 Å². The largest absolute Gasteiger partial charge is 0.356 e. The van der Waals surface area contributed by atoms with E-state index in [4.69, 9.17) is 10.7 Å². The fraction of sp³-hybridized carbons (Fsp3) is 0.333. The molecule has 8 nitrogen and oxygen atoms in total. The molecule has 1 fully saturated rings. The molecule has 5 heterocycles. The number of hydrogen-bond donors (Lipinski definition) is 1. The number of pyridine rings is 1. The van der Waals surface area contributed by atoms with Gasteiger partial charge in [0.15, 0.2) is 11.6 Å². The highest BCUT2D eigenvalue weighted by molar-refractivity contribution is 7.15. The predicted octanol–water partition coefficient (Wildman–Crippen LogP) is 1.71. The molecule has 3 aromatic heterocycles. The summed E-state index contributed by atoms with van der Waals surface area (Å²) < 4.78 is 1.87. The van der Waals surface area contributed by atoms with Gasteiger partial charge in [-0.25, -0.2) is 14.3 Å². The molecular formula is C15H15N7OS. The van der Waals surface area contributed by atoms with E-state index in [2.05, 4.69) is 15.0 Å². The average Bonchev–Trinajstić information content (AvgIpc) is 3.23. The Balaban J connectivity index is 1.62. The zero-order chi connectivity index (χ0) is 16.4. The number of aryl methyl sites for hydroxylation is 1. The van der Waals surface area contributed by atoms with E-state index in [1.54, 1.807) is 22.4 Å². The van der Waals surface area contributed by atoms with Gasteiger partial charge in [-0.3, -0.25) is 4.90 Å². The SMILES string of the molecule is Cc1csc2nc(C3CC4CN3c3cccnc3N4C(N)=O)nn12. The zero-order valence-electron chi connectivity index (χ0n) is 13.0. The first-order valence-electron chi connectivity index (χ1n) is 7.74. The lowest BCUT2D eigenvalue weighted by atomic mass is 10.1. The molecule has 2 unspecified atom stereocenters. The van der Waals surface area contributed by atoms with Crippen molar-refractivity contribution in [1.29, 1.82) is 0 Å². The van der Waals surface area contributed by atoms with Gasteiger partial charge in [0, 0.05) is 18.1 Å². The van der Waals surface area contributed by atoms with Gasteiger partial charge in [-0.2, -0.15) is 4.98 Å². The van der Waals surface area contributed by atoms with Gasteiger partial charge in [0.05, 0.1) is 23.5 Å². The highest BCUT2D eigenvalue weighted by Crippen LogP contribution is 2.46. The number of nitrogens with two attached hydrogens (primary N) is 1. The third kappa shape index (κ3) is 1.72. The second kappa shape index (κ2) is 4.67. The van der Waals surface area contributed by atoms with Gasteiger partial charge < -0.3 is 10.6 Å². The van der Waals surface area contributed by atoms with E-state index in [0.29, 0.717) is 5.82 Å². The Labute approximate surface area is 141 Å². The molecule has 0 aliphatic carbocycles. The van der Waals surface area contributed by atoms with Gasteiger partial charge in [-0.05, 0) is 25.5 Å². The highest BCUT2D eigenvalue weighted by Gasteiger charge is 2.46. The number of amides is 2. The number of anilines is 2. The van der Waals surface area contributed by atoms with Crippen LogP contribution >= 0.6 is 11.3 Å². The second-order valence-electron chi connectivity index (χ2n) is 6.15. The van der Waals surface area contributed by atoms with Crippen LogP contribution in [0.3, 0.4) is 0 Å². The smallest absolute Gasteiger partial charge is 0.320 e. The molecule has 2 bridgehead atoms. The monoisotopic (exact) mass is 341 g/mol. The molecule has 0 radical (unpaired) electrons. The van der Waals surface area contributed by atoms with E-state index >= 15 is 0 Å². The number of aromatic nitrogens is 4. The molecule has 2 amide bonds. The van der Waals surface area contributed by atoms with Gasteiger partial charge in [-0.15, -0.1) is 16.4 Å². The number of carbonyl (C=O) groups is 1. The number of carbonyl (C=O) groups excluding carboxylic acids is 1. The summed E-state index contributed by atoms with van der Waals surface area (Å²) >= 11 is 1.58. The van der Waals surface area contributed by atoms with E-state index in [-0.39, 0.29) is 12.1 Å². The van der Waals surface area contributed by atoms with Crippen LogP contribution in [0.4, 0.5) is 16.3 Å². The minimum Gasteiger partial charge on any atom is -0.356 e. The van der Waals surface area contributed by atoms with Crippen molar-refractivity contribution in [3.63, 3.8) is 0 Å². The van der Waals surface area contributed by atoms with Gasteiger partial charge in [-0.1, -0.05) is 0 Å². The molecule has 1 saturated heterocycles. The number of hydrogen-bond acceptors (Lipinski definition) is 6. The summed E-state index contributed by atoms with van der Waals surface area (Å²) in [5.74, 6) is 1.41. The van der Waals surface area contributed by atoms with E-state index in [9.17, 15) is 4.79 Å². The quantitative estimate of drug-likeness (QED) is 0.727. The number of rotatable bonds is 1. The predicted molar refractivity (Wildman–Crippen MR) is 90.4 cm³/mol. The molecule has 24 heavy (non-hydrogen) atoms. The molecule has 2 aliphatic heterocycles. The molecule has 9 heteroatoms. The highest BCUT2D eigenvalue weighted by atomic mass is 32.1. The Morgan fingerprint density at radius 3 is 3.12 bits per heavy atom. The molecule has 2 atom stereocenters. The third-order valence-electron chi connectivity index (χ3n) is 4.75. The molecule has 0 spiro atoms. The second-order valence-corrected chi connectivity index (χ2v) is 6.99. The maximum atomic E-state index is 11.9. The van der Waals surface area contributed by atoms with Crippen LogP contribution in [0.25, 0.3) is 4.96 Å². The van der Waals surface area contributed by atoms with Crippen LogP contribution in [-0.2, 0) is 0 Å². The van der Waals surface area contributed by atoms with Crippen LogP contribution in [0, 0.1) is 6.92 Å². The lowest BCUT2D eigenvalue weighted by molar-refractivity contribution is 0.251. The molecule has 5 rings (SSSR count). The van der Waals surface area contributed by atoms with Crippen molar-refractivity contribution < 1.29 is 4.79 Å². The van der Waals surface area contributed by atoms with Crippen LogP contribution in [-0.4, -0.2) is 38.2 Å². The topological polar surface area (TPSA) is 92.6 Å². The van der Waals surface area contributed by atoms with Crippen LogP contribution in [0.15, 0.2) is 23.7 Å². The Kier molecular flexibility index (Phi) is 2.67. The lowest BCUT2D eigenvalue weighted by Gasteiger charge is -2.35. The summed E-state index contributed by atoms with van der Waals surface area (Å²) in [4.78, 5) is 25.8. The summed E-state index contributed by atoms with van der Waals surface area (Å²) in [6, 6.07) is 3.40. The number of nitrogens with zero attached hydrogens (tertiary/aromatic N) is 6. The van der Waals surface area contributed by atoms with Gasteiger partial charge in [0.2, 0.25) is 4.96 Å². The molecule has 3 aromatic rings. The first kappa shape index (κ1) is 13.7. The normalized spacial score (nSPS) is 22.2. The van der Waals surface area contributed by atoms with E-state index < -0.39 is 6.03 Å². The molecule has 0 aromatic carbocycles. The first-order valence-corrected chi connectivity index (χ1v) is 8.62. The standard InChI is InChI=1S/C15H15N7OS/c1-8-7-24-15-18-12(19-22(8)15)11-5-9-6-20(11)10-3-2-4-17-13(10)21(9)14(16)23/h2-4,7,9,11H,5-6H2,1H3,(H2,16,23). The molecule has 2 N–H and O–H groups in total. The molecule has 122 valence electrons. The molecular weight excluding hydrogens is 326 g/mol. The summed E-state index contributed by atoms with van der Waals surface area (Å²) in [6.07, 6.45) is 2.43. The van der Waals surface area contributed by atoms with E-state index in [1.807, 2.05) is 29.0 Å². The van der Waals surface area contributed by atoms with Crippen LogP contribution in [0.2, 0.25) is 0 Å². The summed E-state index contributed by atoms with van der Waals surface area (Å²) in [5.41, 5.74) is 7.59. The maximum Gasteiger partial charge on any atom is 0.320 e. The van der Waals surface area contributed by atoms with E-state index in [0.717, 1.165) is 35.1 Å². The Morgan fingerprint density at radius 2 is 2.33 bits per heavy atom. The van der Waals surface area contributed by atoms with Crippen molar-refractivity contribution >= 4 is 33.8 Å². The average molecular weight is 341 g/mol. The fourth-order valence-corrected chi connectivity index (χ4v) is 4.52. The Bertz CT molecular complexity index is 964. The minimum absolute atomic E-state index is 0.00228. The van der Waals surface area contributed by atoms with Crippen molar-refractivity contribution in [1.82, 2.24) is 19.6 Å². The number of thiazole rings is 1. The molecule has 0 saturated carbocycles. The van der Waals surface area contributed by atoms with Crippen molar-refractivity contribution in [2.24, 2.45) is 5.73 Å². The Morgan fingerprint density at radius 1 is 1.46 bits per heavy atom. The summed E-state index contributed by atoms with van der Waals surface area (Å²) in [6.45, 7) is 2.74. The number of urea groups is 1. The van der Waals surface area contributed by atoms with Crippen molar-refractivity contribution in [2.75, 3.05) is 16.3 Å². The van der Waals surface area contributed by atoms with E-state index in [1.165, 1.54) is 0 Å². The minimum atomic E-state index is -0.463. The van der Waals surface area contributed by atoms with Gasteiger partial charge in [0.1, 0.15) is 0 Å². The Hall–Kier alpha value is -2.68.